The van der Waals surface area contributed by atoms with Gasteiger partial charge in [-0.25, -0.2) is 14.8 Å². The molecule has 2 heterocycles. The highest BCUT2D eigenvalue weighted by atomic mass is 32.1. The van der Waals surface area contributed by atoms with Crippen LogP contribution in [-0.4, -0.2) is 31.8 Å². The lowest BCUT2D eigenvalue weighted by atomic mass is 10.1. The van der Waals surface area contributed by atoms with Gasteiger partial charge < -0.3 is 5.32 Å². The van der Waals surface area contributed by atoms with Gasteiger partial charge in [0.15, 0.2) is 5.13 Å². The zero-order valence-corrected chi connectivity index (χ0v) is 13.2. The number of hydrogen-bond acceptors (Lipinski definition) is 5. The van der Waals surface area contributed by atoms with Crippen LogP contribution in [0.5, 0.6) is 0 Å². The van der Waals surface area contributed by atoms with E-state index in [9.17, 15) is 4.79 Å². The Hall–Kier alpha value is -1.96. The summed E-state index contributed by atoms with van der Waals surface area (Å²) in [5.74, 6) is 0.408. The van der Waals surface area contributed by atoms with Crippen molar-refractivity contribution in [2.75, 3.05) is 5.32 Å². The second kappa shape index (κ2) is 7.16. The van der Waals surface area contributed by atoms with Crippen molar-refractivity contribution < 1.29 is 4.79 Å². The highest BCUT2D eigenvalue weighted by Gasteiger charge is 2.12. The molecule has 0 spiro atoms. The maximum atomic E-state index is 11.9. The summed E-state index contributed by atoms with van der Waals surface area (Å²) >= 11 is 1.44. The van der Waals surface area contributed by atoms with Crippen molar-refractivity contribution in [3.05, 3.63) is 23.7 Å². The van der Waals surface area contributed by atoms with Crippen LogP contribution in [0, 0.1) is 0 Å². The minimum Gasteiger partial charge on any atom is -0.333 e. The number of anilines is 1. The summed E-state index contributed by atoms with van der Waals surface area (Å²) in [4.78, 5) is 20.2. The maximum absolute atomic E-state index is 11.9. The van der Waals surface area contributed by atoms with Gasteiger partial charge in [0.25, 0.3) is 0 Å². The number of carbonyl (C=O) groups is 1. The molecule has 2 atom stereocenters. The molecule has 8 heteroatoms. The topological polar surface area (TPSA) is 84.7 Å². The van der Waals surface area contributed by atoms with E-state index >= 15 is 0 Å². The fourth-order valence-electron chi connectivity index (χ4n) is 1.79. The van der Waals surface area contributed by atoms with E-state index < -0.39 is 0 Å². The molecule has 2 amide bonds. The van der Waals surface area contributed by atoms with Crippen LogP contribution in [0.15, 0.2) is 18.0 Å². The lowest BCUT2D eigenvalue weighted by Gasteiger charge is -2.13. The molecule has 2 unspecified atom stereocenters. The number of urea groups is 1. The molecule has 0 aliphatic heterocycles. The van der Waals surface area contributed by atoms with Crippen molar-refractivity contribution >= 4 is 22.5 Å². The van der Waals surface area contributed by atoms with E-state index in [0.29, 0.717) is 17.6 Å². The molecule has 7 nitrogen and oxygen atoms in total. The van der Waals surface area contributed by atoms with E-state index in [0.717, 1.165) is 12.1 Å². The van der Waals surface area contributed by atoms with Crippen molar-refractivity contribution in [3.63, 3.8) is 0 Å². The average molecular weight is 308 g/mol. The number of amides is 2. The Morgan fingerprint density at radius 2 is 2.29 bits per heavy atom. The standard InChI is InChI=1S/C13H20N6OS/c1-4-9(2)11-6-21-13(17-11)18-12(20)16-10(3)5-19-8-14-7-15-19/h6-10H,4-5H2,1-3H3,(H2,16,17,18,20). The van der Waals surface area contributed by atoms with Crippen LogP contribution in [0.1, 0.15) is 38.8 Å². The number of nitrogens with zero attached hydrogens (tertiary/aromatic N) is 4. The number of hydrogen-bond donors (Lipinski definition) is 2. The predicted molar refractivity (Wildman–Crippen MR) is 82.5 cm³/mol. The van der Waals surface area contributed by atoms with Crippen molar-refractivity contribution in [2.24, 2.45) is 0 Å². The summed E-state index contributed by atoms with van der Waals surface area (Å²) in [6.45, 7) is 6.73. The molecule has 0 aliphatic carbocycles. The molecule has 2 aromatic rings. The molecule has 2 aromatic heterocycles. The Labute approximate surface area is 127 Å². The summed E-state index contributed by atoms with van der Waals surface area (Å²) in [6, 6.07) is -0.312. The van der Waals surface area contributed by atoms with Gasteiger partial charge in [0, 0.05) is 11.4 Å². The van der Waals surface area contributed by atoms with Gasteiger partial charge in [-0.1, -0.05) is 13.8 Å². The van der Waals surface area contributed by atoms with Crippen LogP contribution in [0.2, 0.25) is 0 Å². The van der Waals surface area contributed by atoms with E-state index in [2.05, 4.69) is 39.5 Å². The molecule has 114 valence electrons. The third-order valence-corrected chi connectivity index (χ3v) is 3.94. The summed E-state index contributed by atoms with van der Waals surface area (Å²) in [5.41, 5.74) is 1.02. The summed E-state index contributed by atoms with van der Waals surface area (Å²) in [6.07, 6.45) is 4.12. The third kappa shape index (κ3) is 4.52. The molecule has 0 bridgehead atoms. The largest absolute Gasteiger partial charge is 0.333 e. The first kappa shape index (κ1) is 15.4. The fourth-order valence-corrected chi connectivity index (χ4v) is 2.62. The summed E-state index contributed by atoms with van der Waals surface area (Å²) in [7, 11) is 0. The van der Waals surface area contributed by atoms with Crippen molar-refractivity contribution in [1.29, 1.82) is 0 Å². The molecule has 2 N–H and O–H groups in total. The molecule has 0 fully saturated rings. The zero-order valence-electron chi connectivity index (χ0n) is 12.4. The second-order valence-corrected chi connectivity index (χ2v) is 5.86. The second-order valence-electron chi connectivity index (χ2n) is 5.00. The van der Waals surface area contributed by atoms with Gasteiger partial charge in [-0.15, -0.1) is 11.3 Å². The monoisotopic (exact) mass is 308 g/mol. The van der Waals surface area contributed by atoms with Crippen LogP contribution in [-0.2, 0) is 6.54 Å². The molecule has 0 radical (unpaired) electrons. The van der Waals surface area contributed by atoms with Crippen molar-refractivity contribution in [1.82, 2.24) is 25.1 Å². The molecular weight excluding hydrogens is 288 g/mol. The van der Waals surface area contributed by atoms with E-state index in [1.165, 1.54) is 17.7 Å². The highest BCUT2D eigenvalue weighted by molar-refractivity contribution is 7.13. The first-order chi connectivity index (χ1) is 10.1. The normalized spacial score (nSPS) is 13.7. The molecular formula is C13H20N6OS. The van der Waals surface area contributed by atoms with Gasteiger partial charge in [0.2, 0.25) is 0 Å². The average Bonchev–Trinajstić information content (AvgIpc) is 3.09. The lowest BCUT2D eigenvalue weighted by molar-refractivity contribution is 0.247. The quantitative estimate of drug-likeness (QED) is 0.858. The van der Waals surface area contributed by atoms with Crippen LogP contribution in [0.25, 0.3) is 0 Å². The third-order valence-electron chi connectivity index (χ3n) is 3.16. The van der Waals surface area contributed by atoms with Gasteiger partial charge in [0.1, 0.15) is 12.7 Å². The van der Waals surface area contributed by atoms with Crippen LogP contribution in [0.3, 0.4) is 0 Å². The fraction of sp³-hybridized carbons (Fsp3) is 0.538. The van der Waals surface area contributed by atoms with Crippen molar-refractivity contribution in [2.45, 2.75) is 45.7 Å². The minimum absolute atomic E-state index is 0.0549. The lowest BCUT2D eigenvalue weighted by Crippen LogP contribution is -2.38. The zero-order chi connectivity index (χ0) is 15.2. The number of thiazole rings is 1. The molecule has 2 rings (SSSR count). The maximum Gasteiger partial charge on any atom is 0.321 e. The Bertz CT molecular complexity index is 567. The summed E-state index contributed by atoms with van der Waals surface area (Å²) < 4.78 is 1.68. The number of nitrogens with one attached hydrogen (secondary N) is 2. The Morgan fingerprint density at radius 3 is 2.95 bits per heavy atom. The van der Waals surface area contributed by atoms with Crippen molar-refractivity contribution in [3.8, 4) is 0 Å². The molecule has 0 saturated heterocycles. The summed E-state index contributed by atoms with van der Waals surface area (Å²) in [5, 5.41) is 12.2. The number of rotatable bonds is 6. The van der Waals surface area contributed by atoms with Gasteiger partial charge >= 0.3 is 6.03 Å². The number of carbonyl (C=O) groups excluding carboxylic acids is 1. The predicted octanol–water partition coefficient (Wildman–Crippen LogP) is 2.46. The minimum atomic E-state index is -0.257. The Kier molecular flexibility index (Phi) is 5.26. The van der Waals surface area contributed by atoms with Crippen LogP contribution < -0.4 is 10.6 Å². The molecule has 21 heavy (non-hydrogen) atoms. The molecule has 0 aliphatic rings. The smallest absolute Gasteiger partial charge is 0.321 e. The van der Waals surface area contributed by atoms with Crippen LogP contribution in [0.4, 0.5) is 9.93 Å². The molecule has 0 saturated carbocycles. The van der Waals surface area contributed by atoms with Gasteiger partial charge in [-0.2, -0.15) is 5.10 Å². The molecule has 0 aromatic carbocycles. The van der Waals surface area contributed by atoms with E-state index in [1.807, 2.05) is 12.3 Å². The van der Waals surface area contributed by atoms with Gasteiger partial charge in [0.05, 0.1) is 12.2 Å². The van der Waals surface area contributed by atoms with E-state index in [1.54, 1.807) is 11.0 Å². The van der Waals surface area contributed by atoms with Gasteiger partial charge in [-0.3, -0.25) is 10.00 Å². The highest BCUT2D eigenvalue weighted by Crippen LogP contribution is 2.23. The van der Waals surface area contributed by atoms with Gasteiger partial charge in [-0.05, 0) is 19.3 Å². The number of aromatic nitrogens is 4. The van der Waals surface area contributed by atoms with Crippen LogP contribution >= 0.6 is 11.3 Å². The van der Waals surface area contributed by atoms with E-state index in [-0.39, 0.29) is 12.1 Å². The SMILES string of the molecule is CCC(C)c1csc(NC(=O)NC(C)Cn2cncn2)n1. The van der Waals surface area contributed by atoms with E-state index in [4.69, 9.17) is 0 Å². The first-order valence-electron chi connectivity index (χ1n) is 6.93. The Balaban J connectivity index is 1.82. The Morgan fingerprint density at radius 1 is 1.48 bits per heavy atom. The first-order valence-corrected chi connectivity index (χ1v) is 7.81.